The number of thioether (sulfide) groups is 1. The van der Waals surface area contributed by atoms with Gasteiger partial charge in [0.1, 0.15) is 23.2 Å². The Bertz CT molecular complexity index is 792. The summed E-state index contributed by atoms with van der Waals surface area (Å²) in [7, 11) is 0. The van der Waals surface area contributed by atoms with Crippen LogP contribution in [0.2, 0.25) is 0 Å². The Morgan fingerprint density at radius 2 is 2.04 bits per heavy atom. The number of hydrogen-bond acceptors (Lipinski definition) is 6. The molecule has 2 amide bonds. The fourth-order valence-electron chi connectivity index (χ4n) is 2.97. The highest BCUT2D eigenvalue weighted by Crippen LogP contribution is 2.40. The third kappa shape index (κ3) is 3.09. The minimum atomic E-state index is -1.27. The lowest BCUT2D eigenvalue weighted by molar-refractivity contribution is -0.151. The molecule has 3 rings (SSSR count). The number of carbonyl (C=O) groups is 3. The maximum Gasteiger partial charge on any atom is 0.352 e. The first-order valence-electron chi connectivity index (χ1n) is 7.98. The number of hydrogen-bond donors (Lipinski definition) is 4. The normalized spacial score (nSPS) is 23.2. The Morgan fingerprint density at radius 1 is 1.38 bits per heavy atom. The zero-order valence-electron chi connectivity index (χ0n) is 14.0. The molecule has 1 aromatic rings. The molecule has 2 aliphatic rings. The molecular weight excluding hydrogens is 358 g/mol. The van der Waals surface area contributed by atoms with Gasteiger partial charge in [-0.3, -0.25) is 14.5 Å². The van der Waals surface area contributed by atoms with Gasteiger partial charge in [0.15, 0.2) is 0 Å². The quantitative estimate of drug-likeness (QED) is 0.519. The van der Waals surface area contributed by atoms with E-state index < -0.39 is 41.8 Å². The van der Waals surface area contributed by atoms with E-state index >= 15 is 0 Å². The van der Waals surface area contributed by atoms with Crippen molar-refractivity contribution >= 4 is 29.5 Å². The number of nitrogens with zero attached hydrogens (tertiary/aromatic N) is 1. The molecule has 1 aromatic carbocycles. The summed E-state index contributed by atoms with van der Waals surface area (Å²) in [5, 5.41) is 20.7. The number of benzene rings is 1. The molecule has 3 atom stereocenters. The lowest BCUT2D eigenvalue weighted by atomic mass is 10.0. The fourth-order valence-corrected chi connectivity index (χ4v) is 4.31. The summed E-state index contributed by atoms with van der Waals surface area (Å²) < 4.78 is 0. The number of aliphatic hydroxyl groups is 1. The van der Waals surface area contributed by atoms with E-state index in [-0.39, 0.29) is 17.0 Å². The Balaban J connectivity index is 1.72. The molecular formula is C17H19N3O5S. The van der Waals surface area contributed by atoms with Crippen LogP contribution in [0.3, 0.4) is 0 Å². The molecule has 2 aliphatic heterocycles. The van der Waals surface area contributed by atoms with Gasteiger partial charge in [-0.2, -0.15) is 0 Å². The number of carboxylic acid groups (broad SMARTS) is 1. The molecule has 26 heavy (non-hydrogen) atoms. The molecule has 8 nitrogen and oxygen atoms in total. The van der Waals surface area contributed by atoms with Gasteiger partial charge in [-0.15, -0.1) is 11.8 Å². The average molecular weight is 377 g/mol. The van der Waals surface area contributed by atoms with Crippen LogP contribution in [0.15, 0.2) is 35.5 Å². The third-order valence-corrected chi connectivity index (χ3v) is 5.80. The van der Waals surface area contributed by atoms with Crippen LogP contribution < -0.4 is 11.1 Å². The standard InChI is InChI=1S/C17H19N3O5S/c1-8-2-4-9(5-3-8)11(18)14(22)19-12-15(23)20-13(17(24)25)10(6-21)7-26-16(12)20/h2-5,11-12,16,21H,6-7,18H2,1H3,(H,19,22)(H,24,25)/t11?,12?,16-/m1/s1. The van der Waals surface area contributed by atoms with Gasteiger partial charge in [0.25, 0.3) is 5.91 Å². The summed E-state index contributed by atoms with van der Waals surface area (Å²) in [6, 6.07) is 5.43. The largest absolute Gasteiger partial charge is 0.477 e. The molecule has 2 heterocycles. The molecule has 9 heteroatoms. The van der Waals surface area contributed by atoms with Crippen molar-refractivity contribution in [3.63, 3.8) is 0 Å². The predicted octanol–water partition coefficient (Wildman–Crippen LogP) is -0.274. The van der Waals surface area contributed by atoms with Crippen LogP contribution in [0.25, 0.3) is 0 Å². The van der Waals surface area contributed by atoms with E-state index in [1.165, 1.54) is 11.8 Å². The molecule has 0 radical (unpaired) electrons. The van der Waals surface area contributed by atoms with E-state index in [1.54, 1.807) is 12.1 Å². The van der Waals surface area contributed by atoms with Gasteiger partial charge in [-0.05, 0) is 18.1 Å². The summed E-state index contributed by atoms with van der Waals surface area (Å²) in [4.78, 5) is 37.3. The Hall–Kier alpha value is -2.36. The number of nitrogens with one attached hydrogen (secondary N) is 1. The van der Waals surface area contributed by atoms with Crippen molar-refractivity contribution in [3.8, 4) is 0 Å². The Labute approximate surface area is 154 Å². The van der Waals surface area contributed by atoms with Crippen LogP contribution in [0.1, 0.15) is 17.2 Å². The summed E-state index contributed by atoms with van der Waals surface area (Å²) in [6.45, 7) is 1.49. The minimum Gasteiger partial charge on any atom is -0.477 e. The SMILES string of the molecule is Cc1ccc(C(N)C(=O)NC2C(=O)N3C(C(=O)O)=C(CO)CS[C@H]23)cc1. The van der Waals surface area contributed by atoms with Crippen molar-refractivity contribution in [1.82, 2.24) is 10.2 Å². The van der Waals surface area contributed by atoms with Crippen molar-refractivity contribution in [2.45, 2.75) is 24.4 Å². The van der Waals surface area contributed by atoms with E-state index in [0.29, 0.717) is 5.56 Å². The number of aliphatic carboxylic acids is 1. The lowest BCUT2D eigenvalue weighted by Gasteiger charge is -2.49. The van der Waals surface area contributed by atoms with Gasteiger partial charge in [-0.1, -0.05) is 29.8 Å². The van der Waals surface area contributed by atoms with Crippen LogP contribution in [0, 0.1) is 6.92 Å². The first kappa shape index (κ1) is 18.4. The molecule has 2 unspecified atom stereocenters. The molecule has 0 saturated carbocycles. The number of carboxylic acids is 1. The zero-order chi connectivity index (χ0) is 19.0. The monoisotopic (exact) mass is 377 g/mol. The molecule has 5 N–H and O–H groups in total. The zero-order valence-corrected chi connectivity index (χ0v) is 14.8. The van der Waals surface area contributed by atoms with Crippen LogP contribution >= 0.6 is 11.8 Å². The van der Waals surface area contributed by atoms with Crippen molar-refractivity contribution in [2.24, 2.45) is 5.73 Å². The Kier molecular flexibility index (Phi) is 5.03. The van der Waals surface area contributed by atoms with E-state index in [1.807, 2.05) is 19.1 Å². The average Bonchev–Trinajstić information content (AvgIpc) is 2.64. The highest BCUT2D eigenvalue weighted by atomic mass is 32.2. The highest BCUT2D eigenvalue weighted by molar-refractivity contribution is 8.00. The van der Waals surface area contributed by atoms with Gasteiger partial charge in [0.05, 0.1) is 6.61 Å². The summed E-state index contributed by atoms with van der Waals surface area (Å²) in [5.74, 6) is -2.01. The highest BCUT2D eigenvalue weighted by Gasteiger charge is 2.54. The molecule has 138 valence electrons. The van der Waals surface area contributed by atoms with Gasteiger partial charge in [0, 0.05) is 5.75 Å². The fraction of sp³-hybridized carbons (Fsp3) is 0.353. The topological polar surface area (TPSA) is 133 Å². The summed E-state index contributed by atoms with van der Waals surface area (Å²) in [6.07, 6.45) is 0. The smallest absolute Gasteiger partial charge is 0.352 e. The second-order valence-electron chi connectivity index (χ2n) is 6.20. The van der Waals surface area contributed by atoms with Gasteiger partial charge >= 0.3 is 5.97 Å². The second-order valence-corrected chi connectivity index (χ2v) is 7.30. The molecule has 1 saturated heterocycles. The molecule has 0 bridgehead atoms. The number of amides is 2. The Morgan fingerprint density at radius 3 is 2.62 bits per heavy atom. The number of nitrogens with two attached hydrogens (primary N) is 1. The van der Waals surface area contributed by atoms with E-state index in [2.05, 4.69) is 5.32 Å². The lowest BCUT2D eigenvalue weighted by Crippen LogP contribution is -2.71. The number of carbonyl (C=O) groups excluding carboxylic acids is 2. The van der Waals surface area contributed by atoms with Gasteiger partial charge < -0.3 is 21.3 Å². The maximum atomic E-state index is 12.4. The predicted molar refractivity (Wildman–Crippen MR) is 94.9 cm³/mol. The number of aliphatic hydroxyl groups excluding tert-OH is 1. The van der Waals surface area contributed by atoms with Crippen molar-refractivity contribution in [2.75, 3.05) is 12.4 Å². The number of aryl methyl sites for hydroxylation is 1. The van der Waals surface area contributed by atoms with Crippen molar-refractivity contribution < 1.29 is 24.6 Å². The van der Waals surface area contributed by atoms with Gasteiger partial charge in [0.2, 0.25) is 5.91 Å². The molecule has 0 aliphatic carbocycles. The number of rotatable bonds is 5. The number of fused-ring (bicyclic) bond motifs is 1. The third-order valence-electron chi connectivity index (χ3n) is 4.46. The summed E-state index contributed by atoms with van der Waals surface area (Å²) >= 11 is 1.30. The second kappa shape index (κ2) is 7.10. The first-order valence-corrected chi connectivity index (χ1v) is 9.03. The molecule has 0 aromatic heterocycles. The van der Waals surface area contributed by atoms with Gasteiger partial charge in [-0.25, -0.2) is 4.79 Å². The summed E-state index contributed by atoms with van der Waals surface area (Å²) in [5.41, 5.74) is 7.72. The maximum absolute atomic E-state index is 12.4. The molecule has 0 spiro atoms. The van der Waals surface area contributed by atoms with Crippen LogP contribution in [-0.4, -0.2) is 56.7 Å². The van der Waals surface area contributed by atoms with Crippen LogP contribution in [0.5, 0.6) is 0 Å². The number of β-lactam (4-membered cyclic amide) rings is 1. The van der Waals surface area contributed by atoms with Crippen LogP contribution in [-0.2, 0) is 14.4 Å². The van der Waals surface area contributed by atoms with Crippen molar-refractivity contribution in [3.05, 3.63) is 46.7 Å². The van der Waals surface area contributed by atoms with E-state index in [0.717, 1.165) is 10.5 Å². The van der Waals surface area contributed by atoms with Crippen LogP contribution in [0.4, 0.5) is 0 Å². The van der Waals surface area contributed by atoms with E-state index in [4.69, 9.17) is 5.73 Å². The van der Waals surface area contributed by atoms with Crippen molar-refractivity contribution in [1.29, 1.82) is 0 Å². The molecule has 1 fully saturated rings. The van der Waals surface area contributed by atoms with E-state index in [9.17, 15) is 24.6 Å². The first-order chi connectivity index (χ1) is 12.3. The minimum absolute atomic E-state index is 0.199.